The second kappa shape index (κ2) is 5.76. The molecule has 2 aromatic rings. The van der Waals surface area contributed by atoms with Crippen LogP contribution in [-0.2, 0) is 11.2 Å². The lowest BCUT2D eigenvalue weighted by atomic mass is 10.2. The first-order valence-corrected chi connectivity index (χ1v) is 7.53. The highest BCUT2D eigenvalue weighted by atomic mass is 32.1. The van der Waals surface area contributed by atoms with Gasteiger partial charge in [0.05, 0.1) is 24.5 Å². The average Bonchev–Trinajstić information content (AvgIpc) is 2.96. The maximum atomic E-state index is 11.8. The van der Waals surface area contributed by atoms with Crippen LogP contribution in [0.1, 0.15) is 18.5 Å². The van der Waals surface area contributed by atoms with Gasteiger partial charge in [-0.05, 0) is 30.9 Å². The van der Waals surface area contributed by atoms with Gasteiger partial charge in [0.25, 0.3) is 0 Å². The molecule has 5 nitrogen and oxygen atoms in total. The Morgan fingerprint density at radius 1 is 1.60 bits per heavy atom. The van der Waals surface area contributed by atoms with Crippen molar-refractivity contribution in [2.75, 3.05) is 6.54 Å². The van der Waals surface area contributed by atoms with Crippen molar-refractivity contribution in [1.29, 1.82) is 0 Å². The zero-order chi connectivity index (χ0) is 13.9. The molecule has 0 bridgehead atoms. The third-order valence-electron chi connectivity index (χ3n) is 3.30. The van der Waals surface area contributed by atoms with Gasteiger partial charge in [-0.15, -0.1) is 11.3 Å². The summed E-state index contributed by atoms with van der Waals surface area (Å²) < 4.78 is 5.26. The first-order valence-electron chi connectivity index (χ1n) is 6.65. The van der Waals surface area contributed by atoms with Crippen LogP contribution in [-0.4, -0.2) is 28.6 Å². The van der Waals surface area contributed by atoms with Gasteiger partial charge in [-0.3, -0.25) is 4.79 Å². The molecule has 2 N–H and O–H groups in total. The molecule has 3 rings (SSSR count). The molecule has 106 valence electrons. The number of rotatable bonds is 6. The van der Waals surface area contributed by atoms with Gasteiger partial charge in [0.15, 0.2) is 10.8 Å². The third-order valence-corrected chi connectivity index (χ3v) is 4.21. The number of hydrogen-bond donors (Lipinski definition) is 2. The van der Waals surface area contributed by atoms with E-state index in [0.717, 1.165) is 23.5 Å². The van der Waals surface area contributed by atoms with Crippen LogP contribution in [0.3, 0.4) is 0 Å². The van der Waals surface area contributed by atoms with Gasteiger partial charge in [-0.1, -0.05) is 0 Å². The quantitative estimate of drug-likeness (QED) is 0.851. The molecule has 0 radical (unpaired) electrons. The molecule has 1 aliphatic carbocycles. The second-order valence-corrected chi connectivity index (χ2v) is 5.87. The number of aliphatic hydroxyl groups is 1. The fourth-order valence-corrected chi connectivity index (χ4v) is 2.78. The van der Waals surface area contributed by atoms with Gasteiger partial charge < -0.3 is 14.8 Å². The Kier molecular flexibility index (Phi) is 3.84. The highest BCUT2D eigenvalue weighted by Gasteiger charge is 2.29. The van der Waals surface area contributed by atoms with Crippen LogP contribution in [0.25, 0.3) is 10.8 Å². The Morgan fingerprint density at radius 3 is 3.15 bits per heavy atom. The van der Waals surface area contributed by atoms with Gasteiger partial charge in [-0.25, -0.2) is 4.98 Å². The lowest BCUT2D eigenvalue weighted by Gasteiger charge is -2.09. The Labute approximate surface area is 120 Å². The molecule has 1 amide bonds. The first kappa shape index (κ1) is 13.3. The molecule has 1 aliphatic rings. The topological polar surface area (TPSA) is 75.4 Å². The number of nitrogens with zero attached hydrogens (tertiary/aromatic N) is 1. The minimum Gasteiger partial charge on any atom is -0.462 e. The number of aliphatic hydroxyl groups excluding tert-OH is 1. The summed E-state index contributed by atoms with van der Waals surface area (Å²) in [6, 6.07) is 3.65. The Balaban J connectivity index is 1.51. The number of carbonyl (C=O) groups is 1. The van der Waals surface area contributed by atoms with E-state index in [1.54, 1.807) is 6.26 Å². The van der Waals surface area contributed by atoms with Crippen molar-refractivity contribution in [1.82, 2.24) is 10.3 Å². The zero-order valence-electron chi connectivity index (χ0n) is 10.9. The molecule has 2 heterocycles. The van der Waals surface area contributed by atoms with E-state index in [-0.39, 0.29) is 12.3 Å². The summed E-state index contributed by atoms with van der Waals surface area (Å²) in [4.78, 5) is 16.1. The van der Waals surface area contributed by atoms with Crippen molar-refractivity contribution in [2.24, 2.45) is 5.92 Å². The standard InChI is InChI=1S/C14H16N2O3S/c17-11(9-3-4-9)7-15-13(18)6-10-8-20-14(16-10)12-2-1-5-19-12/h1-2,5,8-9,11,17H,3-4,6-7H2,(H,15,18). The van der Waals surface area contributed by atoms with Crippen LogP contribution >= 0.6 is 11.3 Å². The third kappa shape index (κ3) is 3.26. The fraction of sp³-hybridized carbons (Fsp3) is 0.429. The summed E-state index contributed by atoms with van der Waals surface area (Å²) in [6.07, 6.45) is 3.55. The molecule has 0 saturated heterocycles. The summed E-state index contributed by atoms with van der Waals surface area (Å²) in [6.45, 7) is 0.332. The van der Waals surface area contributed by atoms with E-state index in [4.69, 9.17) is 4.42 Å². The summed E-state index contributed by atoms with van der Waals surface area (Å²) in [5.74, 6) is 0.979. The molecule has 6 heteroatoms. The van der Waals surface area contributed by atoms with E-state index in [0.29, 0.717) is 18.2 Å². The molecule has 0 aliphatic heterocycles. The van der Waals surface area contributed by atoms with Crippen LogP contribution in [0.5, 0.6) is 0 Å². The highest BCUT2D eigenvalue weighted by molar-refractivity contribution is 7.13. The predicted molar refractivity (Wildman–Crippen MR) is 75.3 cm³/mol. The monoisotopic (exact) mass is 292 g/mol. The molecule has 0 aromatic carbocycles. The molecule has 0 spiro atoms. The van der Waals surface area contributed by atoms with Gasteiger partial charge in [0.2, 0.25) is 5.91 Å². The zero-order valence-corrected chi connectivity index (χ0v) is 11.7. The van der Waals surface area contributed by atoms with E-state index in [9.17, 15) is 9.90 Å². The Morgan fingerprint density at radius 2 is 2.45 bits per heavy atom. The molecule has 1 atom stereocenters. The lowest BCUT2D eigenvalue weighted by molar-refractivity contribution is -0.121. The normalized spacial score (nSPS) is 16.1. The average molecular weight is 292 g/mol. The van der Waals surface area contributed by atoms with Crippen molar-refractivity contribution >= 4 is 17.2 Å². The van der Waals surface area contributed by atoms with Crippen molar-refractivity contribution < 1.29 is 14.3 Å². The van der Waals surface area contributed by atoms with E-state index < -0.39 is 6.10 Å². The van der Waals surface area contributed by atoms with Crippen LogP contribution < -0.4 is 5.32 Å². The molecule has 1 fully saturated rings. The predicted octanol–water partition coefficient (Wildman–Crippen LogP) is 1.83. The number of aromatic nitrogens is 1. The van der Waals surface area contributed by atoms with E-state index in [1.165, 1.54) is 11.3 Å². The fourth-order valence-electron chi connectivity index (χ4n) is 1.99. The smallest absolute Gasteiger partial charge is 0.226 e. The Hall–Kier alpha value is -1.66. The van der Waals surface area contributed by atoms with Gasteiger partial charge >= 0.3 is 0 Å². The number of thiazole rings is 1. The van der Waals surface area contributed by atoms with E-state index >= 15 is 0 Å². The van der Waals surface area contributed by atoms with Crippen molar-refractivity contribution in [3.05, 3.63) is 29.5 Å². The molecule has 2 aromatic heterocycles. The molecule has 1 saturated carbocycles. The number of amides is 1. The minimum absolute atomic E-state index is 0.110. The molecule has 1 unspecified atom stereocenters. The van der Waals surface area contributed by atoms with Crippen LogP contribution in [0.2, 0.25) is 0 Å². The maximum absolute atomic E-state index is 11.8. The summed E-state index contributed by atoms with van der Waals surface area (Å²) in [7, 11) is 0. The molecule has 20 heavy (non-hydrogen) atoms. The van der Waals surface area contributed by atoms with E-state index in [2.05, 4.69) is 10.3 Å². The van der Waals surface area contributed by atoms with Crippen LogP contribution in [0.15, 0.2) is 28.2 Å². The van der Waals surface area contributed by atoms with Gasteiger partial charge in [-0.2, -0.15) is 0 Å². The highest BCUT2D eigenvalue weighted by Crippen LogP contribution is 2.32. The van der Waals surface area contributed by atoms with Crippen LogP contribution in [0, 0.1) is 5.92 Å². The summed E-state index contributed by atoms with van der Waals surface area (Å²) in [5.41, 5.74) is 0.722. The number of hydrogen-bond acceptors (Lipinski definition) is 5. The first-order chi connectivity index (χ1) is 9.72. The largest absolute Gasteiger partial charge is 0.462 e. The minimum atomic E-state index is -0.409. The SMILES string of the molecule is O=C(Cc1csc(-c2ccco2)n1)NCC(O)C1CC1. The van der Waals surface area contributed by atoms with Gasteiger partial charge in [0.1, 0.15) is 0 Å². The number of nitrogens with one attached hydrogen (secondary N) is 1. The maximum Gasteiger partial charge on any atom is 0.226 e. The van der Waals surface area contributed by atoms with Crippen molar-refractivity contribution in [2.45, 2.75) is 25.4 Å². The lowest BCUT2D eigenvalue weighted by Crippen LogP contribution is -2.34. The van der Waals surface area contributed by atoms with Gasteiger partial charge in [0, 0.05) is 11.9 Å². The van der Waals surface area contributed by atoms with Crippen LogP contribution in [0.4, 0.5) is 0 Å². The number of furan rings is 1. The number of carbonyl (C=O) groups excluding carboxylic acids is 1. The van der Waals surface area contributed by atoms with E-state index in [1.807, 2.05) is 17.5 Å². The Bertz CT molecular complexity index is 575. The second-order valence-electron chi connectivity index (χ2n) is 5.01. The van der Waals surface area contributed by atoms with Crippen molar-refractivity contribution in [3.8, 4) is 10.8 Å². The molecular formula is C14H16N2O3S. The summed E-state index contributed by atoms with van der Waals surface area (Å²) >= 11 is 1.45. The van der Waals surface area contributed by atoms with Crippen molar-refractivity contribution in [3.63, 3.8) is 0 Å². The summed E-state index contributed by atoms with van der Waals surface area (Å²) in [5, 5.41) is 15.1. The molecular weight excluding hydrogens is 276 g/mol.